The molecule has 0 amide bonds. The summed E-state index contributed by atoms with van der Waals surface area (Å²) in [5.74, 6) is 0.508. The van der Waals surface area contributed by atoms with Crippen molar-refractivity contribution in [3.8, 4) is 0 Å². The number of guanidine groups is 1. The normalized spacial score (nSPS) is 11.8. The van der Waals surface area contributed by atoms with Crippen LogP contribution in [0.5, 0.6) is 0 Å². The minimum absolute atomic E-state index is 0.232. The average Bonchev–Trinajstić information content (AvgIpc) is 3.18. The van der Waals surface area contributed by atoms with Crippen LogP contribution >= 0.6 is 0 Å². The van der Waals surface area contributed by atoms with Gasteiger partial charge in [-0.1, -0.05) is 24.3 Å². The van der Waals surface area contributed by atoms with E-state index >= 15 is 0 Å². The number of halogens is 1. The predicted octanol–water partition coefficient (Wildman–Crippen LogP) is 3.77. The molecule has 2 aromatic carbocycles. The van der Waals surface area contributed by atoms with Crippen LogP contribution in [0.1, 0.15) is 23.6 Å². The Morgan fingerprint density at radius 2 is 1.90 bits per heavy atom. The molecular formula is C24H31FN4O2. The molecule has 0 fully saturated rings. The molecule has 3 rings (SSSR count). The molecule has 0 saturated carbocycles. The molecule has 0 bridgehead atoms. The second-order valence-electron chi connectivity index (χ2n) is 7.18. The Morgan fingerprint density at radius 3 is 2.74 bits per heavy atom. The second kappa shape index (κ2) is 12.1. The zero-order chi connectivity index (χ0) is 21.9. The fraction of sp³-hybridized carbons (Fsp3) is 0.375. The van der Waals surface area contributed by atoms with E-state index in [1.807, 2.05) is 25.3 Å². The summed E-state index contributed by atoms with van der Waals surface area (Å²) in [5.41, 5.74) is 4.26. The summed E-state index contributed by atoms with van der Waals surface area (Å²) in [4.78, 5) is 7.42. The van der Waals surface area contributed by atoms with E-state index in [1.54, 1.807) is 7.05 Å². The summed E-state index contributed by atoms with van der Waals surface area (Å²) < 4.78 is 24.3. The summed E-state index contributed by atoms with van der Waals surface area (Å²) in [6.07, 6.45) is 2.74. The molecule has 3 aromatic rings. The molecule has 0 aliphatic carbocycles. The number of ether oxygens (including phenoxy) is 2. The first-order valence-corrected chi connectivity index (χ1v) is 10.6. The number of aromatic amines is 1. The van der Waals surface area contributed by atoms with Crippen LogP contribution in [0.3, 0.4) is 0 Å². The van der Waals surface area contributed by atoms with Crippen LogP contribution in [0.2, 0.25) is 0 Å². The number of nitrogens with zero attached hydrogens (tertiary/aromatic N) is 1. The summed E-state index contributed by atoms with van der Waals surface area (Å²) in [6.45, 7) is 5.86. The lowest BCUT2D eigenvalue weighted by Gasteiger charge is -2.12. The number of benzene rings is 2. The summed E-state index contributed by atoms with van der Waals surface area (Å²) in [7, 11) is 1.76. The van der Waals surface area contributed by atoms with E-state index in [0.29, 0.717) is 33.0 Å². The Hall–Kier alpha value is -2.90. The number of aliphatic imine (C=N–C) groups is 1. The fourth-order valence-corrected chi connectivity index (χ4v) is 3.37. The van der Waals surface area contributed by atoms with Gasteiger partial charge in [0.25, 0.3) is 0 Å². The highest BCUT2D eigenvalue weighted by Crippen LogP contribution is 2.19. The fourth-order valence-electron chi connectivity index (χ4n) is 3.37. The highest BCUT2D eigenvalue weighted by atomic mass is 19.1. The summed E-state index contributed by atoms with van der Waals surface area (Å²) in [5, 5.41) is 7.72. The third kappa shape index (κ3) is 7.08. The van der Waals surface area contributed by atoms with E-state index in [9.17, 15) is 4.39 Å². The van der Waals surface area contributed by atoms with Gasteiger partial charge in [0.15, 0.2) is 5.96 Å². The third-order valence-corrected chi connectivity index (χ3v) is 4.94. The van der Waals surface area contributed by atoms with Crippen LogP contribution < -0.4 is 10.6 Å². The molecule has 0 aliphatic heterocycles. The van der Waals surface area contributed by atoms with Gasteiger partial charge >= 0.3 is 0 Å². The van der Waals surface area contributed by atoms with E-state index < -0.39 is 0 Å². The van der Waals surface area contributed by atoms with Crippen molar-refractivity contribution in [2.75, 3.05) is 33.4 Å². The minimum atomic E-state index is -0.232. The first-order valence-electron chi connectivity index (χ1n) is 10.6. The molecule has 7 heteroatoms. The van der Waals surface area contributed by atoms with Gasteiger partial charge in [-0.2, -0.15) is 0 Å². The quantitative estimate of drug-likeness (QED) is 0.248. The molecule has 0 radical (unpaired) electrons. The van der Waals surface area contributed by atoms with Crippen molar-refractivity contribution < 1.29 is 13.9 Å². The van der Waals surface area contributed by atoms with Gasteiger partial charge in [-0.15, -0.1) is 0 Å². The number of fused-ring (bicyclic) bond motifs is 1. The third-order valence-electron chi connectivity index (χ3n) is 4.94. The van der Waals surface area contributed by atoms with Crippen LogP contribution in [-0.4, -0.2) is 44.4 Å². The largest absolute Gasteiger partial charge is 0.379 e. The number of hydrogen-bond acceptors (Lipinski definition) is 3. The molecule has 1 aromatic heterocycles. The lowest BCUT2D eigenvalue weighted by Crippen LogP contribution is -2.37. The Morgan fingerprint density at radius 1 is 1.06 bits per heavy atom. The molecule has 0 aliphatic rings. The van der Waals surface area contributed by atoms with Crippen LogP contribution in [0.15, 0.2) is 53.7 Å². The molecule has 1 heterocycles. The molecule has 0 atom stereocenters. The van der Waals surface area contributed by atoms with Gasteiger partial charge in [0.05, 0.1) is 19.8 Å². The van der Waals surface area contributed by atoms with Gasteiger partial charge in [0.2, 0.25) is 0 Å². The van der Waals surface area contributed by atoms with E-state index in [0.717, 1.165) is 46.5 Å². The number of nitrogens with one attached hydrogen (secondary N) is 3. The molecule has 0 unspecified atom stereocenters. The predicted molar refractivity (Wildman–Crippen MR) is 123 cm³/mol. The number of aromatic nitrogens is 1. The standard InChI is InChI=1S/C24H31FN4O2/c1-3-30-11-12-31-17-19-6-4-5-18(13-19)15-29-24(26-2)27-10-9-20-16-28-23-14-21(25)7-8-22(20)23/h4-8,13-14,16,28H,3,9-12,15,17H2,1-2H3,(H2,26,27,29). The zero-order valence-electron chi connectivity index (χ0n) is 18.2. The smallest absolute Gasteiger partial charge is 0.191 e. The molecule has 166 valence electrons. The number of hydrogen-bond donors (Lipinski definition) is 3. The maximum atomic E-state index is 13.3. The Labute approximate surface area is 182 Å². The first-order chi connectivity index (χ1) is 15.2. The molecule has 3 N–H and O–H groups in total. The first kappa shape index (κ1) is 22.8. The Kier molecular flexibility index (Phi) is 8.87. The van der Waals surface area contributed by atoms with E-state index in [2.05, 4.69) is 38.8 Å². The molecular weight excluding hydrogens is 395 g/mol. The molecule has 0 saturated heterocycles. The number of H-pyrrole nitrogens is 1. The van der Waals surface area contributed by atoms with Gasteiger partial charge in [0, 0.05) is 43.8 Å². The van der Waals surface area contributed by atoms with Gasteiger partial charge in [0.1, 0.15) is 5.82 Å². The summed E-state index contributed by atoms with van der Waals surface area (Å²) in [6, 6.07) is 13.1. The maximum absolute atomic E-state index is 13.3. The topological polar surface area (TPSA) is 70.7 Å². The maximum Gasteiger partial charge on any atom is 0.191 e. The number of rotatable bonds is 11. The van der Waals surface area contributed by atoms with Crippen LogP contribution in [0.4, 0.5) is 4.39 Å². The van der Waals surface area contributed by atoms with E-state index in [4.69, 9.17) is 9.47 Å². The zero-order valence-corrected chi connectivity index (χ0v) is 18.2. The van der Waals surface area contributed by atoms with Crippen LogP contribution in [0, 0.1) is 5.82 Å². The van der Waals surface area contributed by atoms with Crippen molar-refractivity contribution in [1.29, 1.82) is 0 Å². The molecule has 31 heavy (non-hydrogen) atoms. The molecule has 6 nitrogen and oxygen atoms in total. The van der Waals surface area contributed by atoms with Crippen molar-refractivity contribution >= 4 is 16.9 Å². The van der Waals surface area contributed by atoms with Crippen molar-refractivity contribution in [2.24, 2.45) is 4.99 Å². The van der Waals surface area contributed by atoms with Gasteiger partial charge in [-0.3, -0.25) is 4.99 Å². The van der Waals surface area contributed by atoms with Gasteiger partial charge in [-0.25, -0.2) is 4.39 Å². The van der Waals surface area contributed by atoms with Crippen molar-refractivity contribution in [1.82, 2.24) is 15.6 Å². The van der Waals surface area contributed by atoms with E-state index in [1.165, 1.54) is 12.1 Å². The van der Waals surface area contributed by atoms with Crippen LogP contribution in [0.25, 0.3) is 10.9 Å². The lowest BCUT2D eigenvalue weighted by atomic mass is 10.1. The van der Waals surface area contributed by atoms with Crippen molar-refractivity contribution in [3.05, 3.63) is 71.2 Å². The van der Waals surface area contributed by atoms with E-state index in [-0.39, 0.29) is 5.82 Å². The molecule has 0 spiro atoms. The Bertz CT molecular complexity index is 987. The average molecular weight is 427 g/mol. The van der Waals surface area contributed by atoms with Gasteiger partial charge in [-0.05, 0) is 48.2 Å². The monoisotopic (exact) mass is 426 g/mol. The second-order valence-corrected chi connectivity index (χ2v) is 7.18. The highest BCUT2D eigenvalue weighted by molar-refractivity contribution is 5.83. The highest BCUT2D eigenvalue weighted by Gasteiger charge is 2.05. The van der Waals surface area contributed by atoms with Gasteiger partial charge < -0.3 is 25.1 Å². The SMILES string of the molecule is CCOCCOCc1cccc(CNC(=NC)NCCc2c[nH]c3cc(F)ccc23)c1. The Balaban J connectivity index is 1.43. The summed E-state index contributed by atoms with van der Waals surface area (Å²) >= 11 is 0. The van der Waals surface area contributed by atoms with Crippen molar-refractivity contribution in [3.63, 3.8) is 0 Å². The lowest BCUT2D eigenvalue weighted by molar-refractivity contribution is 0.0453. The minimum Gasteiger partial charge on any atom is -0.379 e. The van der Waals surface area contributed by atoms with Crippen LogP contribution in [-0.2, 0) is 29.0 Å². The van der Waals surface area contributed by atoms with Crippen molar-refractivity contribution in [2.45, 2.75) is 26.5 Å².